The zero-order chi connectivity index (χ0) is 13.6. The van der Waals surface area contributed by atoms with Gasteiger partial charge in [0.25, 0.3) is 0 Å². The Kier molecular flexibility index (Phi) is 3.63. The van der Waals surface area contributed by atoms with Crippen LogP contribution in [0.25, 0.3) is 10.9 Å². The molecule has 0 aliphatic heterocycles. The summed E-state index contributed by atoms with van der Waals surface area (Å²) in [6.45, 7) is 0. The highest BCUT2D eigenvalue weighted by atomic mass is 79.9. The first-order valence-corrected chi connectivity index (χ1v) is 7.85. The number of fused-ring (bicyclic) bond motifs is 2. The summed E-state index contributed by atoms with van der Waals surface area (Å²) in [5.74, 6) is 0. The maximum Gasteiger partial charge on any atom is 0.0928 e. The number of aromatic nitrogens is 1. The van der Waals surface area contributed by atoms with Crippen molar-refractivity contribution in [2.75, 3.05) is 12.4 Å². The lowest BCUT2D eigenvalue weighted by molar-refractivity contribution is 0.672. The second-order valence-electron chi connectivity index (χ2n) is 4.75. The molecular formula is C14H13BrCl2N2. The average molecular weight is 360 g/mol. The molecule has 0 spiro atoms. The topological polar surface area (TPSA) is 24.9 Å². The van der Waals surface area contributed by atoms with Gasteiger partial charge < -0.3 is 5.32 Å². The van der Waals surface area contributed by atoms with E-state index in [0.29, 0.717) is 10.0 Å². The number of aryl methyl sites for hydroxylation is 1. The van der Waals surface area contributed by atoms with Crippen LogP contribution >= 0.6 is 39.1 Å². The Bertz CT molecular complexity index is 671. The molecule has 1 aromatic heterocycles. The molecule has 0 amide bonds. The SMILES string of the molecule is CNc1c2c(nc3c(Cl)c(Cl)c(Br)cc13)CCCC2. The van der Waals surface area contributed by atoms with Gasteiger partial charge in [0.1, 0.15) is 0 Å². The molecule has 0 bridgehead atoms. The van der Waals surface area contributed by atoms with Crippen molar-refractivity contribution in [2.24, 2.45) is 0 Å². The van der Waals surface area contributed by atoms with Gasteiger partial charge in [-0.3, -0.25) is 4.98 Å². The summed E-state index contributed by atoms with van der Waals surface area (Å²) in [5, 5.41) is 5.39. The Labute approximate surface area is 130 Å². The van der Waals surface area contributed by atoms with Gasteiger partial charge in [-0.05, 0) is 53.2 Å². The molecule has 3 rings (SSSR count). The molecule has 1 heterocycles. The molecule has 0 unspecified atom stereocenters. The minimum atomic E-state index is 0.524. The number of nitrogens with one attached hydrogen (secondary N) is 1. The van der Waals surface area contributed by atoms with E-state index in [1.807, 2.05) is 13.1 Å². The number of pyridine rings is 1. The summed E-state index contributed by atoms with van der Waals surface area (Å²) in [4.78, 5) is 4.75. The molecule has 0 saturated carbocycles. The van der Waals surface area contributed by atoms with Crippen LogP contribution in [-0.2, 0) is 12.8 Å². The molecule has 0 radical (unpaired) electrons. The van der Waals surface area contributed by atoms with Crippen molar-refractivity contribution in [3.05, 3.63) is 31.8 Å². The average Bonchev–Trinajstić information content (AvgIpc) is 2.43. The largest absolute Gasteiger partial charge is 0.387 e. The Morgan fingerprint density at radius 2 is 1.95 bits per heavy atom. The van der Waals surface area contributed by atoms with Gasteiger partial charge >= 0.3 is 0 Å². The third-order valence-electron chi connectivity index (χ3n) is 3.64. The van der Waals surface area contributed by atoms with Gasteiger partial charge in [0, 0.05) is 28.3 Å². The molecule has 0 fully saturated rings. The van der Waals surface area contributed by atoms with Crippen molar-refractivity contribution in [1.29, 1.82) is 0 Å². The van der Waals surface area contributed by atoms with Crippen LogP contribution in [0.1, 0.15) is 24.1 Å². The lowest BCUT2D eigenvalue weighted by Crippen LogP contribution is -2.09. The highest BCUT2D eigenvalue weighted by molar-refractivity contribution is 9.10. The summed E-state index contributed by atoms with van der Waals surface area (Å²) >= 11 is 16.0. The van der Waals surface area contributed by atoms with Gasteiger partial charge in [-0.25, -0.2) is 0 Å². The lowest BCUT2D eigenvalue weighted by atomic mass is 9.93. The van der Waals surface area contributed by atoms with Gasteiger partial charge in [-0.1, -0.05) is 23.2 Å². The molecule has 100 valence electrons. The summed E-state index contributed by atoms with van der Waals surface area (Å²) in [6.07, 6.45) is 4.50. The number of anilines is 1. The monoisotopic (exact) mass is 358 g/mol. The number of hydrogen-bond acceptors (Lipinski definition) is 2. The quantitative estimate of drug-likeness (QED) is 0.705. The van der Waals surface area contributed by atoms with Crippen molar-refractivity contribution in [3.8, 4) is 0 Å². The molecule has 2 aromatic rings. The fourth-order valence-corrected chi connectivity index (χ4v) is 3.68. The minimum absolute atomic E-state index is 0.524. The highest BCUT2D eigenvalue weighted by Crippen LogP contribution is 2.41. The van der Waals surface area contributed by atoms with Crippen molar-refractivity contribution < 1.29 is 0 Å². The van der Waals surface area contributed by atoms with E-state index in [9.17, 15) is 0 Å². The molecule has 19 heavy (non-hydrogen) atoms. The van der Waals surface area contributed by atoms with Crippen molar-refractivity contribution >= 4 is 55.7 Å². The molecular weight excluding hydrogens is 347 g/mol. The molecule has 1 N–H and O–H groups in total. The maximum atomic E-state index is 6.35. The normalized spacial score (nSPS) is 14.5. The first-order valence-electron chi connectivity index (χ1n) is 6.30. The van der Waals surface area contributed by atoms with Gasteiger partial charge in [0.15, 0.2) is 0 Å². The minimum Gasteiger partial charge on any atom is -0.387 e. The molecule has 1 aliphatic carbocycles. The molecule has 1 aliphatic rings. The Balaban J connectivity index is 2.43. The van der Waals surface area contributed by atoms with Crippen LogP contribution in [0.4, 0.5) is 5.69 Å². The zero-order valence-corrected chi connectivity index (χ0v) is 13.6. The summed E-state index contributed by atoms with van der Waals surface area (Å²) < 4.78 is 0.806. The second-order valence-corrected chi connectivity index (χ2v) is 6.36. The Morgan fingerprint density at radius 3 is 2.68 bits per heavy atom. The summed E-state index contributed by atoms with van der Waals surface area (Å²) in [7, 11) is 1.94. The van der Waals surface area contributed by atoms with E-state index in [-0.39, 0.29) is 0 Å². The molecule has 0 saturated heterocycles. The summed E-state index contributed by atoms with van der Waals surface area (Å²) in [6, 6.07) is 2.00. The number of hydrogen-bond donors (Lipinski definition) is 1. The number of nitrogens with zero attached hydrogens (tertiary/aromatic N) is 1. The highest BCUT2D eigenvalue weighted by Gasteiger charge is 2.20. The molecule has 5 heteroatoms. The van der Waals surface area contributed by atoms with Crippen molar-refractivity contribution in [2.45, 2.75) is 25.7 Å². The van der Waals surface area contributed by atoms with E-state index in [4.69, 9.17) is 28.2 Å². The van der Waals surface area contributed by atoms with Crippen LogP contribution in [0.3, 0.4) is 0 Å². The van der Waals surface area contributed by atoms with Gasteiger partial charge in [0.2, 0.25) is 0 Å². The van der Waals surface area contributed by atoms with E-state index in [1.165, 1.54) is 18.4 Å². The van der Waals surface area contributed by atoms with Crippen LogP contribution in [0.15, 0.2) is 10.5 Å². The molecule has 0 atom stereocenters. The van der Waals surface area contributed by atoms with Crippen LogP contribution in [0, 0.1) is 0 Å². The smallest absolute Gasteiger partial charge is 0.0928 e. The molecule has 2 nitrogen and oxygen atoms in total. The Morgan fingerprint density at radius 1 is 1.21 bits per heavy atom. The predicted octanol–water partition coefficient (Wildman–Crippen LogP) is 5.22. The zero-order valence-electron chi connectivity index (χ0n) is 10.5. The summed E-state index contributed by atoms with van der Waals surface area (Å²) in [5.41, 5.74) is 4.41. The standard InChI is InChI=1S/C14H13BrCl2N2/c1-18-13-7-4-2-3-5-10(7)19-14-8(13)6-9(15)11(16)12(14)17/h6H,2-5H2,1H3,(H,18,19). The maximum absolute atomic E-state index is 6.35. The van der Waals surface area contributed by atoms with E-state index in [1.54, 1.807) is 0 Å². The van der Waals surface area contributed by atoms with Crippen molar-refractivity contribution in [3.63, 3.8) is 0 Å². The third kappa shape index (κ3) is 2.12. The number of benzene rings is 1. The number of halogens is 3. The van der Waals surface area contributed by atoms with E-state index < -0.39 is 0 Å². The van der Waals surface area contributed by atoms with E-state index in [2.05, 4.69) is 21.2 Å². The van der Waals surface area contributed by atoms with Crippen LogP contribution in [0.2, 0.25) is 10.0 Å². The van der Waals surface area contributed by atoms with Crippen LogP contribution < -0.4 is 5.32 Å². The van der Waals surface area contributed by atoms with Gasteiger partial charge in [0.05, 0.1) is 15.6 Å². The fraction of sp³-hybridized carbons (Fsp3) is 0.357. The first-order chi connectivity index (χ1) is 9.13. The van der Waals surface area contributed by atoms with Gasteiger partial charge in [-0.15, -0.1) is 0 Å². The third-order valence-corrected chi connectivity index (χ3v) is 5.35. The van der Waals surface area contributed by atoms with E-state index >= 15 is 0 Å². The lowest BCUT2D eigenvalue weighted by Gasteiger charge is -2.21. The molecule has 1 aromatic carbocycles. The van der Waals surface area contributed by atoms with Crippen LogP contribution in [-0.4, -0.2) is 12.0 Å². The second kappa shape index (κ2) is 5.12. The first kappa shape index (κ1) is 13.5. The van der Waals surface area contributed by atoms with Crippen LogP contribution in [0.5, 0.6) is 0 Å². The van der Waals surface area contributed by atoms with Gasteiger partial charge in [-0.2, -0.15) is 0 Å². The van der Waals surface area contributed by atoms with E-state index in [0.717, 1.165) is 39.6 Å². The van der Waals surface area contributed by atoms with Crippen molar-refractivity contribution in [1.82, 2.24) is 4.98 Å². The number of rotatable bonds is 1. The fourth-order valence-electron chi connectivity index (χ4n) is 2.75. The Hall–Kier alpha value is -0.510. The predicted molar refractivity (Wildman–Crippen MR) is 85.7 cm³/mol.